The van der Waals surface area contributed by atoms with Gasteiger partial charge in [-0.2, -0.15) is 0 Å². The highest BCUT2D eigenvalue weighted by Crippen LogP contribution is 2.35. The summed E-state index contributed by atoms with van der Waals surface area (Å²) in [5.41, 5.74) is 7.01. The van der Waals surface area contributed by atoms with Crippen LogP contribution in [0.25, 0.3) is 10.9 Å². The average molecular weight is 511 g/mol. The monoisotopic (exact) mass is 510 g/mol. The third kappa shape index (κ3) is 6.79. The fraction of sp³-hybridized carbons (Fsp3) is 0.370. The van der Waals surface area contributed by atoms with Gasteiger partial charge in [0.05, 0.1) is 28.4 Å². The third-order valence-corrected chi connectivity index (χ3v) is 6.22. The van der Waals surface area contributed by atoms with Crippen LogP contribution < -0.4 is 25.8 Å². The number of primary amides is 1. The van der Waals surface area contributed by atoms with Crippen molar-refractivity contribution in [2.75, 3.05) is 11.9 Å². The summed E-state index contributed by atoms with van der Waals surface area (Å²) in [5.74, 6) is 0.777. The lowest BCUT2D eigenvalue weighted by molar-refractivity contribution is 0.0996. The van der Waals surface area contributed by atoms with Crippen molar-refractivity contribution in [2.24, 2.45) is 5.73 Å². The Morgan fingerprint density at radius 1 is 1.08 bits per heavy atom. The summed E-state index contributed by atoms with van der Waals surface area (Å²) < 4.78 is 12.0. The fourth-order valence-electron chi connectivity index (χ4n) is 3.80. The molecule has 1 saturated carbocycles. The molecule has 4 rings (SSSR count). The number of aromatic nitrogens is 1. The molecule has 1 aliphatic rings. The van der Waals surface area contributed by atoms with E-state index in [-0.39, 0.29) is 17.6 Å². The molecule has 1 heterocycles. The Kier molecular flexibility index (Phi) is 8.48. The molecule has 0 saturated heterocycles. The first-order chi connectivity index (χ1) is 17.4. The maximum Gasteiger partial charge on any atom is 0.319 e. The summed E-state index contributed by atoms with van der Waals surface area (Å²) in [5, 5.41) is 6.55. The van der Waals surface area contributed by atoms with Gasteiger partial charge in [0.2, 0.25) is 0 Å². The topological polar surface area (TPSA) is 116 Å². The minimum atomic E-state index is -0.587. The number of benzene rings is 2. The first kappa shape index (κ1) is 25.6. The minimum absolute atomic E-state index is 0.244. The molecule has 36 heavy (non-hydrogen) atoms. The van der Waals surface area contributed by atoms with E-state index < -0.39 is 5.91 Å². The van der Waals surface area contributed by atoms with Crippen LogP contribution in [-0.2, 0) is 0 Å². The van der Waals surface area contributed by atoms with E-state index >= 15 is 0 Å². The molecule has 3 amide bonds. The average Bonchev–Trinajstić information content (AvgIpc) is 3.66. The molecule has 0 spiro atoms. The molecule has 0 atom stereocenters. The van der Waals surface area contributed by atoms with E-state index in [0.29, 0.717) is 45.5 Å². The largest absolute Gasteiger partial charge is 0.493 e. The van der Waals surface area contributed by atoms with Crippen LogP contribution in [0.3, 0.4) is 0 Å². The minimum Gasteiger partial charge on any atom is -0.493 e. The number of nitrogens with one attached hydrogen (secondary N) is 2. The predicted octanol–water partition coefficient (Wildman–Crippen LogP) is 6.41. The molecule has 1 aliphatic carbocycles. The summed E-state index contributed by atoms with van der Waals surface area (Å²) in [7, 11) is 0. The van der Waals surface area contributed by atoms with E-state index in [9.17, 15) is 9.59 Å². The fourth-order valence-corrected chi connectivity index (χ4v) is 4.01. The second-order valence-corrected chi connectivity index (χ2v) is 9.33. The van der Waals surface area contributed by atoms with Crippen LogP contribution in [0.1, 0.15) is 62.2 Å². The highest BCUT2D eigenvalue weighted by atomic mass is 35.5. The first-order valence-electron chi connectivity index (χ1n) is 12.3. The van der Waals surface area contributed by atoms with Gasteiger partial charge in [-0.3, -0.25) is 9.78 Å². The predicted molar refractivity (Wildman–Crippen MR) is 141 cm³/mol. The van der Waals surface area contributed by atoms with Crippen molar-refractivity contribution >= 4 is 40.1 Å². The summed E-state index contributed by atoms with van der Waals surface area (Å²) in [4.78, 5) is 28.6. The van der Waals surface area contributed by atoms with Gasteiger partial charge in [0.15, 0.2) is 0 Å². The van der Waals surface area contributed by atoms with E-state index in [2.05, 4.69) is 22.5 Å². The van der Waals surface area contributed by atoms with Gasteiger partial charge in [-0.25, -0.2) is 4.79 Å². The van der Waals surface area contributed by atoms with E-state index in [1.54, 1.807) is 42.6 Å². The highest BCUT2D eigenvalue weighted by Gasteiger charge is 2.23. The SMILES string of the molecule is CCCCCCCOc1cc2nccc(Oc3ccc(NC(=O)NC4CC4)c(Cl)c3)c2cc1C(N)=O. The number of carbonyl (C=O) groups is 2. The number of halogens is 1. The van der Waals surface area contributed by atoms with E-state index in [1.165, 1.54) is 12.8 Å². The second kappa shape index (κ2) is 11.9. The van der Waals surface area contributed by atoms with Gasteiger partial charge >= 0.3 is 6.03 Å². The van der Waals surface area contributed by atoms with Crippen molar-refractivity contribution in [3.05, 3.63) is 53.2 Å². The van der Waals surface area contributed by atoms with Crippen molar-refractivity contribution in [3.63, 3.8) is 0 Å². The van der Waals surface area contributed by atoms with Crippen molar-refractivity contribution in [2.45, 2.75) is 57.9 Å². The maximum absolute atomic E-state index is 12.2. The number of carbonyl (C=O) groups excluding carboxylic acids is 2. The van der Waals surface area contributed by atoms with Gasteiger partial charge in [-0.1, -0.05) is 44.2 Å². The number of nitrogens with two attached hydrogens (primary N) is 1. The Hall–Kier alpha value is -3.52. The van der Waals surface area contributed by atoms with Crippen LogP contribution >= 0.6 is 11.6 Å². The smallest absolute Gasteiger partial charge is 0.319 e. The Morgan fingerprint density at radius 3 is 2.61 bits per heavy atom. The van der Waals surface area contributed by atoms with Gasteiger partial charge in [0.25, 0.3) is 5.91 Å². The van der Waals surface area contributed by atoms with Crippen molar-refractivity contribution in [1.82, 2.24) is 10.3 Å². The zero-order valence-electron chi connectivity index (χ0n) is 20.3. The van der Waals surface area contributed by atoms with Crippen LogP contribution in [0.15, 0.2) is 42.6 Å². The quantitative estimate of drug-likeness (QED) is 0.243. The summed E-state index contributed by atoms with van der Waals surface area (Å²) in [6.45, 7) is 2.68. The molecule has 0 bridgehead atoms. The number of unbranched alkanes of at least 4 members (excludes halogenated alkanes) is 4. The van der Waals surface area contributed by atoms with E-state index in [0.717, 1.165) is 32.1 Å². The number of anilines is 1. The van der Waals surface area contributed by atoms with E-state index in [4.69, 9.17) is 26.8 Å². The second-order valence-electron chi connectivity index (χ2n) is 8.92. The number of hydrogen-bond acceptors (Lipinski definition) is 5. The number of amides is 3. The molecular formula is C27H31ClN4O4. The standard InChI is InChI=1S/C27H31ClN4O4/c1-2-3-4-5-6-13-35-25-16-23-19(15-20(25)26(29)33)24(11-12-30-23)36-18-9-10-22(21(28)14-18)32-27(34)31-17-7-8-17/h9-12,14-17H,2-8,13H2,1H3,(H2,29,33)(H2,31,32,34). The Labute approximate surface area is 215 Å². The highest BCUT2D eigenvalue weighted by molar-refractivity contribution is 6.33. The number of nitrogens with zero attached hydrogens (tertiary/aromatic N) is 1. The van der Waals surface area contributed by atoms with Crippen molar-refractivity contribution in [1.29, 1.82) is 0 Å². The Balaban J connectivity index is 1.50. The normalized spacial score (nSPS) is 12.8. The lowest BCUT2D eigenvalue weighted by Gasteiger charge is -2.14. The third-order valence-electron chi connectivity index (χ3n) is 5.90. The molecule has 0 radical (unpaired) electrons. The molecular weight excluding hydrogens is 480 g/mol. The van der Waals surface area contributed by atoms with Gasteiger partial charge in [0.1, 0.15) is 17.2 Å². The van der Waals surface area contributed by atoms with Gasteiger partial charge in [-0.15, -0.1) is 0 Å². The number of fused-ring (bicyclic) bond motifs is 1. The molecule has 2 aromatic carbocycles. The van der Waals surface area contributed by atoms with Crippen LogP contribution in [0.2, 0.25) is 5.02 Å². The number of ether oxygens (including phenoxy) is 2. The zero-order valence-corrected chi connectivity index (χ0v) is 21.1. The molecule has 3 aromatic rings. The molecule has 0 aliphatic heterocycles. The Morgan fingerprint density at radius 2 is 1.89 bits per heavy atom. The van der Waals surface area contributed by atoms with Gasteiger partial charge in [0, 0.05) is 29.8 Å². The van der Waals surface area contributed by atoms with Gasteiger partial charge in [-0.05, 0) is 43.5 Å². The summed E-state index contributed by atoms with van der Waals surface area (Å²) in [6, 6.07) is 10.0. The van der Waals surface area contributed by atoms with Crippen molar-refractivity contribution < 1.29 is 19.1 Å². The van der Waals surface area contributed by atoms with E-state index in [1.807, 2.05) is 0 Å². The van der Waals surface area contributed by atoms with Crippen molar-refractivity contribution in [3.8, 4) is 17.2 Å². The molecule has 1 fully saturated rings. The summed E-state index contributed by atoms with van der Waals surface area (Å²) >= 11 is 6.37. The van der Waals surface area contributed by atoms with Crippen LogP contribution in [-0.4, -0.2) is 29.6 Å². The van der Waals surface area contributed by atoms with Gasteiger partial charge < -0.3 is 25.8 Å². The number of pyridine rings is 1. The maximum atomic E-state index is 12.2. The zero-order chi connectivity index (χ0) is 25.5. The lowest BCUT2D eigenvalue weighted by Crippen LogP contribution is -2.30. The molecule has 0 unspecified atom stereocenters. The Bertz CT molecular complexity index is 1250. The molecule has 190 valence electrons. The summed E-state index contributed by atoms with van der Waals surface area (Å²) in [6.07, 6.45) is 9.14. The number of rotatable bonds is 12. The number of hydrogen-bond donors (Lipinski definition) is 3. The number of urea groups is 1. The van der Waals surface area contributed by atoms with Crippen LogP contribution in [0, 0.1) is 0 Å². The molecule has 9 heteroatoms. The van der Waals surface area contributed by atoms with Crippen LogP contribution in [0.5, 0.6) is 17.2 Å². The molecule has 4 N–H and O–H groups in total. The lowest BCUT2D eigenvalue weighted by atomic mass is 10.1. The van der Waals surface area contributed by atoms with Crippen LogP contribution in [0.4, 0.5) is 10.5 Å². The first-order valence-corrected chi connectivity index (χ1v) is 12.7. The molecule has 1 aromatic heterocycles. The molecule has 8 nitrogen and oxygen atoms in total.